The maximum Gasteiger partial charge on any atom is 0.217 e. The Morgan fingerprint density at radius 1 is 1.12 bits per heavy atom. The average molecular weight is 340 g/mol. The highest BCUT2D eigenvalue weighted by Crippen LogP contribution is 2.21. The topological polar surface area (TPSA) is 87.0 Å². The molecule has 1 N–H and O–H groups in total. The number of nitrogens with zero attached hydrogens (tertiary/aromatic N) is 1. The number of nitriles is 1. The second-order valence-corrected chi connectivity index (χ2v) is 6.60. The van der Waals surface area contributed by atoms with Crippen LogP contribution in [0.15, 0.2) is 36.4 Å². The minimum atomic E-state index is -1.34. The Balaban J connectivity index is 2.15. The van der Waals surface area contributed by atoms with Crippen molar-refractivity contribution < 1.29 is 14.4 Å². The van der Waals surface area contributed by atoms with Gasteiger partial charge in [0, 0.05) is 23.9 Å². The summed E-state index contributed by atoms with van der Waals surface area (Å²) in [5.74, 6) is -2.47. The Hall–Kier alpha value is -2.78. The minimum absolute atomic E-state index is 0.142. The van der Waals surface area contributed by atoms with Crippen LogP contribution in [0, 0.1) is 24.2 Å². The largest absolute Gasteiger partial charge is 0.352 e. The van der Waals surface area contributed by atoms with Gasteiger partial charge in [0.1, 0.15) is 0 Å². The molecule has 0 spiro atoms. The molecule has 24 heavy (non-hydrogen) atoms. The van der Waals surface area contributed by atoms with Gasteiger partial charge in [0.25, 0.3) is 0 Å². The van der Waals surface area contributed by atoms with Crippen molar-refractivity contribution in [2.75, 3.05) is 0 Å². The summed E-state index contributed by atoms with van der Waals surface area (Å²) < 4.78 is 0. The maximum atomic E-state index is 12.5. The van der Waals surface area contributed by atoms with E-state index < -0.39 is 17.5 Å². The first kappa shape index (κ1) is 17.6. The van der Waals surface area contributed by atoms with E-state index in [-0.39, 0.29) is 5.91 Å². The van der Waals surface area contributed by atoms with Crippen molar-refractivity contribution in [1.82, 2.24) is 5.32 Å². The molecule has 1 heterocycles. The third-order valence-corrected chi connectivity index (χ3v) is 4.43. The lowest BCUT2D eigenvalue weighted by molar-refractivity contribution is -0.119. The number of carbonyl (C=O) groups excluding carboxylic acids is 3. The van der Waals surface area contributed by atoms with E-state index in [4.69, 9.17) is 0 Å². The molecule has 5 nitrogen and oxygen atoms in total. The smallest absolute Gasteiger partial charge is 0.217 e. The molecular formula is C18H16N2O3S. The normalized spacial score (nSPS) is 11.4. The van der Waals surface area contributed by atoms with E-state index in [0.29, 0.717) is 17.0 Å². The molecule has 0 aliphatic rings. The van der Waals surface area contributed by atoms with Crippen LogP contribution in [0.25, 0.3) is 0 Å². The summed E-state index contributed by atoms with van der Waals surface area (Å²) >= 11 is 1.27. The lowest BCUT2D eigenvalue weighted by Gasteiger charge is -2.08. The fourth-order valence-corrected chi connectivity index (χ4v) is 2.96. The number of thiophene rings is 1. The molecule has 0 saturated heterocycles. The molecular weight excluding hydrogens is 324 g/mol. The monoisotopic (exact) mass is 340 g/mol. The first-order valence-corrected chi connectivity index (χ1v) is 8.12. The van der Waals surface area contributed by atoms with E-state index in [1.807, 2.05) is 13.0 Å². The van der Waals surface area contributed by atoms with Gasteiger partial charge in [-0.25, -0.2) is 0 Å². The van der Waals surface area contributed by atoms with Crippen molar-refractivity contribution in [3.63, 3.8) is 0 Å². The number of amides is 1. The number of benzene rings is 1. The average Bonchev–Trinajstić information content (AvgIpc) is 3.00. The van der Waals surface area contributed by atoms with Gasteiger partial charge in [0.15, 0.2) is 17.5 Å². The van der Waals surface area contributed by atoms with Crippen molar-refractivity contribution in [2.45, 2.75) is 20.4 Å². The predicted octanol–water partition coefficient (Wildman–Crippen LogP) is 2.90. The highest BCUT2D eigenvalue weighted by molar-refractivity contribution is 7.14. The van der Waals surface area contributed by atoms with Gasteiger partial charge in [-0.05, 0) is 24.6 Å². The lowest BCUT2D eigenvalue weighted by atomic mass is 9.93. The molecule has 1 aromatic heterocycles. The predicted molar refractivity (Wildman–Crippen MR) is 90.8 cm³/mol. The van der Waals surface area contributed by atoms with Gasteiger partial charge in [0.2, 0.25) is 5.91 Å². The number of aryl methyl sites for hydroxylation is 1. The summed E-state index contributed by atoms with van der Waals surface area (Å²) in [6, 6.07) is 11.8. The zero-order chi connectivity index (χ0) is 17.7. The SMILES string of the molecule is CC(=O)NCc1ccc(C(=O)C(C#N)C(=O)c2ccc(C)s2)cc1. The van der Waals surface area contributed by atoms with E-state index in [1.165, 1.54) is 18.3 Å². The van der Waals surface area contributed by atoms with Crippen LogP contribution in [-0.2, 0) is 11.3 Å². The van der Waals surface area contributed by atoms with E-state index >= 15 is 0 Å². The molecule has 0 aliphatic carbocycles. The Kier molecular flexibility index (Phi) is 5.61. The van der Waals surface area contributed by atoms with Crippen molar-refractivity contribution in [3.8, 4) is 6.07 Å². The number of hydrogen-bond donors (Lipinski definition) is 1. The van der Waals surface area contributed by atoms with Crippen LogP contribution >= 0.6 is 11.3 Å². The molecule has 0 aliphatic heterocycles. The Morgan fingerprint density at radius 3 is 2.29 bits per heavy atom. The van der Waals surface area contributed by atoms with E-state index in [0.717, 1.165) is 10.4 Å². The van der Waals surface area contributed by atoms with Crippen molar-refractivity contribution in [1.29, 1.82) is 5.26 Å². The van der Waals surface area contributed by atoms with Gasteiger partial charge < -0.3 is 5.32 Å². The second-order valence-electron chi connectivity index (χ2n) is 5.31. The zero-order valence-electron chi connectivity index (χ0n) is 13.3. The molecule has 2 aromatic rings. The van der Waals surface area contributed by atoms with Gasteiger partial charge >= 0.3 is 0 Å². The molecule has 0 bridgehead atoms. The van der Waals surface area contributed by atoms with Crippen LogP contribution in [0.1, 0.15) is 37.4 Å². The Bertz CT molecular complexity index is 816. The summed E-state index contributed by atoms with van der Waals surface area (Å²) in [5.41, 5.74) is 1.13. The van der Waals surface area contributed by atoms with Crippen molar-refractivity contribution in [3.05, 3.63) is 57.3 Å². The highest BCUT2D eigenvalue weighted by atomic mass is 32.1. The molecule has 0 radical (unpaired) electrons. The molecule has 1 unspecified atom stereocenters. The van der Waals surface area contributed by atoms with E-state index in [9.17, 15) is 19.6 Å². The van der Waals surface area contributed by atoms with Crippen LogP contribution in [0.3, 0.4) is 0 Å². The molecule has 0 fully saturated rings. The first-order valence-electron chi connectivity index (χ1n) is 7.30. The number of hydrogen-bond acceptors (Lipinski definition) is 5. The molecule has 6 heteroatoms. The number of nitrogens with one attached hydrogen (secondary N) is 1. The number of ketones is 2. The van der Waals surface area contributed by atoms with E-state index in [1.54, 1.807) is 36.4 Å². The fourth-order valence-electron chi connectivity index (χ4n) is 2.13. The second kappa shape index (κ2) is 7.66. The Morgan fingerprint density at radius 2 is 1.79 bits per heavy atom. The third kappa shape index (κ3) is 4.15. The van der Waals surface area contributed by atoms with Crippen molar-refractivity contribution >= 4 is 28.8 Å². The van der Waals surface area contributed by atoms with Crippen LogP contribution < -0.4 is 5.32 Å². The molecule has 1 aromatic carbocycles. The number of rotatable bonds is 6. The minimum Gasteiger partial charge on any atom is -0.352 e. The first-order chi connectivity index (χ1) is 11.4. The molecule has 2 rings (SSSR count). The molecule has 1 amide bonds. The molecule has 122 valence electrons. The number of carbonyl (C=O) groups is 3. The highest BCUT2D eigenvalue weighted by Gasteiger charge is 2.29. The van der Waals surface area contributed by atoms with Crippen LogP contribution in [0.5, 0.6) is 0 Å². The van der Waals surface area contributed by atoms with Crippen LogP contribution in [0.2, 0.25) is 0 Å². The summed E-state index contributed by atoms with van der Waals surface area (Å²) in [5, 5.41) is 11.9. The molecule has 0 saturated carbocycles. The third-order valence-electron chi connectivity index (χ3n) is 3.42. The summed E-state index contributed by atoms with van der Waals surface area (Å²) in [7, 11) is 0. The molecule has 1 atom stereocenters. The standard InChI is InChI=1S/C18H16N2O3S/c1-11-3-8-16(24-11)18(23)15(9-19)17(22)14-6-4-13(5-7-14)10-20-12(2)21/h3-8,15H,10H2,1-2H3,(H,20,21). The summed E-state index contributed by atoms with van der Waals surface area (Å²) in [6.07, 6.45) is 0. The zero-order valence-corrected chi connectivity index (χ0v) is 14.1. The Labute approximate surface area is 143 Å². The van der Waals surface area contributed by atoms with Crippen molar-refractivity contribution in [2.24, 2.45) is 5.92 Å². The van der Waals surface area contributed by atoms with Gasteiger partial charge in [-0.15, -0.1) is 11.3 Å². The van der Waals surface area contributed by atoms with E-state index in [2.05, 4.69) is 5.32 Å². The summed E-state index contributed by atoms with van der Waals surface area (Å²) in [6.45, 7) is 3.64. The lowest BCUT2D eigenvalue weighted by Crippen LogP contribution is -2.22. The van der Waals surface area contributed by atoms with Gasteiger partial charge in [0.05, 0.1) is 10.9 Å². The van der Waals surface area contributed by atoms with Gasteiger partial charge in [-0.2, -0.15) is 5.26 Å². The van der Waals surface area contributed by atoms with Gasteiger partial charge in [-0.1, -0.05) is 24.3 Å². The van der Waals surface area contributed by atoms with Crippen LogP contribution in [-0.4, -0.2) is 17.5 Å². The number of Topliss-reactive ketones (excluding diaryl/α,β-unsaturated/α-hetero) is 2. The summed E-state index contributed by atoms with van der Waals surface area (Å²) in [4.78, 5) is 37.1. The van der Waals surface area contributed by atoms with Crippen LogP contribution in [0.4, 0.5) is 0 Å². The van der Waals surface area contributed by atoms with Gasteiger partial charge in [-0.3, -0.25) is 14.4 Å². The fraction of sp³-hybridized carbons (Fsp3) is 0.222. The quantitative estimate of drug-likeness (QED) is 0.647. The maximum absolute atomic E-state index is 12.5.